The maximum atomic E-state index is 10.3. The zero-order valence-corrected chi connectivity index (χ0v) is 12.0. The summed E-state index contributed by atoms with van der Waals surface area (Å²) in [7, 11) is 1.61. The lowest BCUT2D eigenvalue weighted by molar-refractivity contribution is 0.215. The van der Waals surface area contributed by atoms with Crippen molar-refractivity contribution < 1.29 is 9.84 Å². The van der Waals surface area contributed by atoms with E-state index in [0.29, 0.717) is 5.75 Å². The highest BCUT2D eigenvalue weighted by atomic mass is 79.9. The molecule has 2 nitrogen and oxygen atoms in total. The second-order valence-corrected chi connectivity index (χ2v) is 5.81. The zero-order valence-electron chi connectivity index (χ0n) is 9.61. The summed E-state index contributed by atoms with van der Waals surface area (Å²) in [4.78, 5) is 1.19. The van der Waals surface area contributed by atoms with Gasteiger partial charge in [0.25, 0.3) is 0 Å². The lowest BCUT2D eigenvalue weighted by Gasteiger charge is -2.14. The van der Waals surface area contributed by atoms with Gasteiger partial charge in [0.15, 0.2) is 0 Å². The quantitative estimate of drug-likeness (QED) is 0.931. The molecule has 4 heteroatoms. The van der Waals surface area contributed by atoms with Crippen LogP contribution in [-0.2, 0) is 0 Å². The molecule has 1 N–H and O–H groups in total. The summed E-state index contributed by atoms with van der Waals surface area (Å²) >= 11 is 5.04. The van der Waals surface area contributed by atoms with Gasteiger partial charge in [-0.15, -0.1) is 11.3 Å². The number of aliphatic hydroxyl groups excluding tert-OH is 1. The first-order valence-corrected chi connectivity index (χ1v) is 6.85. The Kier molecular flexibility index (Phi) is 3.86. The zero-order chi connectivity index (χ0) is 12.4. The van der Waals surface area contributed by atoms with Crippen molar-refractivity contribution in [2.75, 3.05) is 7.11 Å². The highest BCUT2D eigenvalue weighted by Crippen LogP contribution is 2.33. The molecule has 0 aliphatic heterocycles. The SMILES string of the molecule is COc1ccc(Br)cc1C(O)c1csc(C)c1. The molecule has 0 radical (unpaired) electrons. The van der Waals surface area contributed by atoms with Crippen LogP contribution >= 0.6 is 27.3 Å². The van der Waals surface area contributed by atoms with Gasteiger partial charge in [0.05, 0.1) is 7.11 Å². The molecule has 0 aliphatic carbocycles. The molecule has 1 unspecified atom stereocenters. The van der Waals surface area contributed by atoms with Crippen molar-refractivity contribution in [1.29, 1.82) is 0 Å². The van der Waals surface area contributed by atoms with E-state index in [-0.39, 0.29) is 0 Å². The van der Waals surface area contributed by atoms with Gasteiger partial charge in [-0.2, -0.15) is 0 Å². The fourth-order valence-corrected chi connectivity index (χ4v) is 2.81. The Bertz CT molecular complexity index is 522. The summed E-state index contributed by atoms with van der Waals surface area (Å²) < 4.78 is 6.20. The van der Waals surface area contributed by atoms with Crippen LogP contribution in [0.3, 0.4) is 0 Å². The molecule has 1 aromatic carbocycles. The first-order chi connectivity index (χ1) is 8.11. The van der Waals surface area contributed by atoms with Gasteiger partial charge in [-0.05, 0) is 42.1 Å². The molecule has 0 fully saturated rings. The van der Waals surface area contributed by atoms with Gasteiger partial charge in [0.2, 0.25) is 0 Å². The second kappa shape index (κ2) is 5.21. The number of thiophene rings is 1. The smallest absolute Gasteiger partial charge is 0.125 e. The lowest BCUT2D eigenvalue weighted by Crippen LogP contribution is -2.01. The van der Waals surface area contributed by atoms with E-state index in [1.807, 2.05) is 36.6 Å². The highest BCUT2D eigenvalue weighted by molar-refractivity contribution is 9.10. The number of ether oxygens (including phenoxy) is 1. The summed E-state index contributed by atoms with van der Waals surface area (Å²) in [5.41, 5.74) is 1.68. The van der Waals surface area contributed by atoms with Gasteiger partial charge in [0.1, 0.15) is 11.9 Å². The minimum absolute atomic E-state index is 0.646. The van der Waals surface area contributed by atoms with Crippen molar-refractivity contribution in [2.24, 2.45) is 0 Å². The molecule has 0 aliphatic rings. The maximum absolute atomic E-state index is 10.3. The van der Waals surface area contributed by atoms with Gasteiger partial charge in [-0.3, -0.25) is 0 Å². The number of aliphatic hydroxyl groups is 1. The first kappa shape index (κ1) is 12.6. The normalized spacial score (nSPS) is 12.5. The lowest BCUT2D eigenvalue weighted by atomic mass is 10.0. The third-order valence-corrected chi connectivity index (χ3v) is 3.93. The molecule has 1 aromatic heterocycles. The summed E-state index contributed by atoms with van der Waals surface area (Å²) in [5.74, 6) is 0.699. The van der Waals surface area contributed by atoms with E-state index in [4.69, 9.17) is 4.74 Å². The van der Waals surface area contributed by atoms with Crippen molar-refractivity contribution >= 4 is 27.3 Å². The Morgan fingerprint density at radius 3 is 2.71 bits per heavy atom. The third-order valence-electron chi connectivity index (χ3n) is 2.55. The van der Waals surface area contributed by atoms with Gasteiger partial charge < -0.3 is 9.84 Å². The minimum atomic E-state index is -0.646. The number of hydrogen-bond donors (Lipinski definition) is 1. The monoisotopic (exact) mass is 312 g/mol. The summed E-state index contributed by atoms with van der Waals surface area (Å²) in [6, 6.07) is 7.63. The summed E-state index contributed by atoms with van der Waals surface area (Å²) in [6.07, 6.45) is -0.646. The number of benzene rings is 1. The number of methoxy groups -OCH3 is 1. The van der Waals surface area contributed by atoms with Crippen molar-refractivity contribution in [3.05, 3.63) is 50.1 Å². The Labute approximate surface area is 113 Å². The van der Waals surface area contributed by atoms with E-state index >= 15 is 0 Å². The van der Waals surface area contributed by atoms with Gasteiger partial charge >= 0.3 is 0 Å². The molecular weight excluding hydrogens is 300 g/mol. The average Bonchev–Trinajstić information content (AvgIpc) is 2.75. The van der Waals surface area contributed by atoms with Crippen LogP contribution in [-0.4, -0.2) is 12.2 Å². The van der Waals surface area contributed by atoms with Crippen molar-refractivity contribution in [2.45, 2.75) is 13.0 Å². The predicted octanol–water partition coefficient (Wildman–Crippen LogP) is 3.91. The molecular formula is C13H13BrO2S. The molecule has 2 rings (SSSR count). The number of rotatable bonds is 3. The number of aryl methyl sites for hydroxylation is 1. The molecule has 0 amide bonds. The molecule has 1 atom stereocenters. The summed E-state index contributed by atoms with van der Waals surface area (Å²) in [5, 5.41) is 12.3. The Morgan fingerprint density at radius 2 is 2.12 bits per heavy atom. The Hall–Kier alpha value is -0.840. The Morgan fingerprint density at radius 1 is 1.35 bits per heavy atom. The van der Waals surface area contributed by atoms with Crippen LogP contribution in [0.1, 0.15) is 22.1 Å². The fraction of sp³-hybridized carbons (Fsp3) is 0.231. The Balaban J connectivity index is 2.42. The number of hydrogen-bond acceptors (Lipinski definition) is 3. The van der Waals surface area contributed by atoms with Gasteiger partial charge in [-0.1, -0.05) is 15.9 Å². The molecule has 1 heterocycles. The van der Waals surface area contributed by atoms with Gasteiger partial charge in [-0.25, -0.2) is 0 Å². The molecule has 0 saturated carbocycles. The van der Waals surface area contributed by atoms with E-state index in [9.17, 15) is 5.11 Å². The van der Waals surface area contributed by atoms with E-state index < -0.39 is 6.10 Å². The standard InChI is InChI=1S/C13H13BrO2S/c1-8-5-9(7-17-8)13(15)11-6-10(14)3-4-12(11)16-2/h3-7,13,15H,1-2H3. The van der Waals surface area contributed by atoms with E-state index in [2.05, 4.69) is 15.9 Å². The van der Waals surface area contributed by atoms with Crippen LogP contribution in [0, 0.1) is 6.92 Å². The van der Waals surface area contributed by atoms with E-state index in [1.165, 1.54) is 4.88 Å². The van der Waals surface area contributed by atoms with Gasteiger partial charge in [0, 0.05) is 14.9 Å². The number of halogens is 1. The third kappa shape index (κ3) is 2.70. The molecule has 0 spiro atoms. The van der Waals surface area contributed by atoms with Crippen molar-refractivity contribution in [1.82, 2.24) is 0 Å². The van der Waals surface area contributed by atoms with E-state index in [1.54, 1.807) is 18.4 Å². The van der Waals surface area contributed by atoms with Crippen LogP contribution in [0.4, 0.5) is 0 Å². The van der Waals surface area contributed by atoms with Crippen LogP contribution in [0.5, 0.6) is 5.75 Å². The average molecular weight is 313 g/mol. The first-order valence-electron chi connectivity index (χ1n) is 5.18. The van der Waals surface area contributed by atoms with Crippen LogP contribution in [0.25, 0.3) is 0 Å². The largest absolute Gasteiger partial charge is 0.496 e. The fourth-order valence-electron chi connectivity index (χ4n) is 1.71. The molecule has 2 aromatic rings. The van der Waals surface area contributed by atoms with Crippen LogP contribution in [0.15, 0.2) is 34.1 Å². The predicted molar refractivity (Wildman–Crippen MR) is 73.8 cm³/mol. The maximum Gasteiger partial charge on any atom is 0.125 e. The molecule has 90 valence electrons. The minimum Gasteiger partial charge on any atom is -0.496 e. The molecule has 17 heavy (non-hydrogen) atoms. The molecule has 0 saturated heterocycles. The van der Waals surface area contributed by atoms with Crippen LogP contribution in [0.2, 0.25) is 0 Å². The topological polar surface area (TPSA) is 29.5 Å². The second-order valence-electron chi connectivity index (χ2n) is 3.78. The highest BCUT2D eigenvalue weighted by Gasteiger charge is 2.16. The molecule has 0 bridgehead atoms. The van der Waals surface area contributed by atoms with Crippen LogP contribution < -0.4 is 4.74 Å². The summed E-state index contributed by atoms with van der Waals surface area (Å²) in [6.45, 7) is 2.03. The van der Waals surface area contributed by atoms with Crippen molar-refractivity contribution in [3.8, 4) is 5.75 Å². The van der Waals surface area contributed by atoms with Crippen molar-refractivity contribution in [3.63, 3.8) is 0 Å². The van der Waals surface area contributed by atoms with E-state index in [0.717, 1.165) is 15.6 Å².